The summed E-state index contributed by atoms with van der Waals surface area (Å²) in [5.74, 6) is 0. The monoisotopic (exact) mass is 686 g/mol. The van der Waals surface area contributed by atoms with Gasteiger partial charge in [0.05, 0.1) is 38.9 Å². The van der Waals surface area contributed by atoms with Crippen LogP contribution in [0.5, 0.6) is 0 Å². The number of para-hydroxylation sites is 2. The third-order valence-corrected chi connectivity index (χ3v) is 10.6. The highest BCUT2D eigenvalue weighted by Crippen LogP contribution is 2.43. The second-order valence-corrected chi connectivity index (χ2v) is 13.6. The Balaban J connectivity index is 1.29. The smallest absolute Gasteiger partial charge is 0.101 e. The number of fused-ring (bicyclic) bond motifs is 6. The number of hydrogen-bond acceptors (Lipinski definition) is 2. The van der Waals surface area contributed by atoms with Crippen molar-refractivity contribution < 1.29 is 0 Å². The lowest BCUT2D eigenvalue weighted by molar-refractivity contribution is 1.15. The van der Waals surface area contributed by atoms with Crippen LogP contribution in [-0.4, -0.2) is 9.13 Å². The molecule has 8 aromatic carbocycles. The van der Waals surface area contributed by atoms with Crippen molar-refractivity contribution in [3.8, 4) is 56.9 Å². The van der Waals surface area contributed by atoms with Crippen molar-refractivity contribution in [1.29, 1.82) is 10.5 Å². The van der Waals surface area contributed by atoms with Crippen molar-refractivity contribution in [3.05, 3.63) is 193 Å². The number of nitrogens with zero attached hydrogens (tertiary/aromatic N) is 4. The van der Waals surface area contributed by atoms with E-state index in [2.05, 4.69) is 179 Å². The Bertz CT molecular complexity index is 3120. The summed E-state index contributed by atoms with van der Waals surface area (Å²) in [7, 11) is 0. The molecule has 0 bridgehead atoms. The summed E-state index contributed by atoms with van der Waals surface area (Å²) in [4.78, 5) is 0. The predicted octanol–water partition coefficient (Wildman–Crippen LogP) is 12.6. The van der Waals surface area contributed by atoms with E-state index in [9.17, 15) is 10.5 Å². The molecule has 250 valence electrons. The SMILES string of the molecule is N#Cc1cccc(C#N)c1-n1c2ccc(-c3ccccc3)cc2c2c(-c3ccc4c(c3)c3cc(-c5ccccc5)ccc3n4-c3ccccc3)cccc21. The van der Waals surface area contributed by atoms with Gasteiger partial charge in [0.25, 0.3) is 0 Å². The molecule has 0 amide bonds. The third kappa shape index (κ3) is 4.83. The average Bonchev–Trinajstić information content (AvgIpc) is 3.75. The molecule has 0 saturated carbocycles. The quantitative estimate of drug-likeness (QED) is 0.181. The summed E-state index contributed by atoms with van der Waals surface area (Å²) in [6, 6.07) is 68.0. The zero-order chi connectivity index (χ0) is 36.2. The van der Waals surface area contributed by atoms with Gasteiger partial charge in [0.1, 0.15) is 12.1 Å². The van der Waals surface area contributed by atoms with Crippen LogP contribution >= 0.6 is 0 Å². The van der Waals surface area contributed by atoms with Gasteiger partial charge in [0.2, 0.25) is 0 Å². The molecule has 4 nitrogen and oxygen atoms in total. The summed E-state index contributed by atoms with van der Waals surface area (Å²) < 4.78 is 4.45. The van der Waals surface area contributed by atoms with Gasteiger partial charge in [0, 0.05) is 27.2 Å². The van der Waals surface area contributed by atoms with Gasteiger partial charge < -0.3 is 9.13 Å². The van der Waals surface area contributed by atoms with Crippen molar-refractivity contribution in [2.24, 2.45) is 0 Å². The largest absolute Gasteiger partial charge is 0.309 e. The first-order valence-electron chi connectivity index (χ1n) is 18.0. The van der Waals surface area contributed by atoms with Crippen LogP contribution in [0.2, 0.25) is 0 Å². The molecule has 0 aliphatic carbocycles. The molecule has 0 radical (unpaired) electrons. The molecular formula is C50H30N4. The van der Waals surface area contributed by atoms with Crippen molar-refractivity contribution in [2.75, 3.05) is 0 Å². The van der Waals surface area contributed by atoms with Gasteiger partial charge in [-0.15, -0.1) is 0 Å². The van der Waals surface area contributed by atoms with E-state index in [0.29, 0.717) is 16.8 Å². The molecule has 0 atom stereocenters. The van der Waals surface area contributed by atoms with Crippen LogP contribution in [0, 0.1) is 22.7 Å². The highest BCUT2D eigenvalue weighted by atomic mass is 15.0. The van der Waals surface area contributed by atoms with Gasteiger partial charge in [-0.1, -0.05) is 115 Å². The molecule has 0 N–H and O–H groups in total. The minimum Gasteiger partial charge on any atom is -0.309 e. The molecule has 54 heavy (non-hydrogen) atoms. The van der Waals surface area contributed by atoms with Gasteiger partial charge in [0.15, 0.2) is 0 Å². The Kier molecular flexibility index (Phi) is 7.22. The molecule has 10 rings (SSSR count). The Hall–Kier alpha value is -7.66. The fourth-order valence-electron chi connectivity index (χ4n) is 8.18. The van der Waals surface area contributed by atoms with Gasteiger partial charge in [-0.2, -0.15) is 10.5 Å². The maximum atomic E-state index is 10.3. The number of benzene rings is 8. The van der Waals surface area contributed by atoms with Crippen molar-refractivity contribution in [2.45, 2.75) is 0 Å². The molecule has 4 heteroatoms. The lowest BCUT2D eigenvalue weighted by Gasteiger charge is -2.12. The summed E-state index contributed by atoms with van der Waals surface area (Å²) in [6.07, 6.45) is 0. The van der Waals surface area contributed by atoms with E-state index in [1.165, 1.54) is 16.5 Å². The molecule has 0 saturated heterocycles. The van der Waals surface area contributed by atoms with E-state index < -0.39 is 0 Å². The maximum absolute atomic E-state index is 10.3. The minimum absolute atomic E-state index is 0.453. The maximum Gasteiger partial charge on any atom is 0.101 e. The first-order chi connectivity index (χ1) is 26.7. The van der Waals surface area contributed by atoms with Crippen LogP contribution in [0.1, 0.15) is 11.1 Å². The summed E-state index contributed by atoms with van der Waals surface area (Å²) in [6.45, 7) is 0. The Morgan fingerprint density at radius 1 is 0.352 bits per heavy atom. The number of hydrogen-bond donors (Lipinski definition) is 0. The molecule has 0 spiro atoms. The van der Waals surface area contributed by atoms with E-state index >= 15 is 0 Å². The number of aromatic nitrogens is 2. The van der Waals surface area contributed by atoms with E-state index in [4.69, 9.17) is 0 Å². The molecule has 0 aliphatic rings. The molecule has 0 aliphatic heterocycles. The Morgan fingerprint density at radius 3 is 1.41 bits per heavy atom. The summed E-state index contributed by atoms with van der Waals surface area (Å²) in [5, 5.41) is 25.1. The Labute approximate surface area is 312 Å². The highest BCUT2D eigenvalue weighted by Gasteiger charge is 2.22. The van der Waals surface area contributed by atoms with Crippen LogP contribution in [0.4, 0.5) is 0 Å². The molecule has 2 heterocycles. The van der Waals surface area contributed by atoms with Gasteiger partial charge in [-0.25, -0.2) is 0 Å². The van der Waals surface area contributed by atoms with Crippen molar-refractivity contribution >= 4 is 43.6 Å². The lowest BCUT2D eigenvalue weighted by atomic mass is 9.96. The van der Waals surface area contributed by atoms with Crippen LogP contribution in [0.25, 0.3) is 88.4 Å². The fraction of sp³-hybridized carbons (Fsp3) is 0. The Morgan fingerprint density at radius 2 is 0.833 bits per heavy atom. The van der Waals surface area contributed by atoms with E-state index in [-0.39, 0.29) is 0 Å². The zero-order valence-corrected chi connectivity index (χ0v) is 29.1. The molecule has 0 fully saturated rings. The van der Waals surface area contributed by atoms with Gasteiger partial charge >= 0.3 is 0 Å². The topological polar surface area (TPSA) is 57.4 Å². The van der Waals surface area contributed by atoms with Crippen molar-refractivity contribution in [3.63, 3.8) is 0 Å². The third-order valence-electron chi connectivity index (χ3n) is 10.6. The summed E-state index contributed by atoms with van der Waals surface area (Å²) in [5.41, 5.74) is 13.5. The lowest BCUT2D eigenvalue weighted by Crippen LogP contribution is -2.01. The zero-order valence-electron chi connectivity index (χ0n) is 29.1. The first-order valence-corrected chi connectivity index (χ1v) is 18.0. The van der Waals surface area contributed by atoms with E-state index in [0.717, 1.165) is 66.2 Å². The molecule has 10 aromatic rings. The number of rotatable bonds is 5. The summed E-state index contributed by atoms with van der Waals surface area (Å²) >= 11 is 0. The molecule has 2 aromatic heterocycles. The standard InChI is InChI=1S/C50H30N4/c51-31-38-16-10-17-39(32-52)50(38)54-47-26-23-36(34-14-6-2-7-15-34)29-44(47)49-41(20-11-21-48(49)54)37-24-27-46-43(30-37)42-28-35(33-12-4-1-5-13-33)22-25-45(42)53(46)40-18-8-3-9-19-40/h1-30H. The van der Waals surface area contributed by atoms with E-state index in [1.54, 1.807) is 18.2 Å². The van der Waals surface area contributed by atoms with E-state index in [1.807, 2.05) is 6.07 Å². The fourth-order valence-corrected chi connectivity index (χ4v) is 8.18. The van der Waals surface area contributed by atoms with Crippen LogP contribution < -0.4 is 0 Å². The highest BCUT2D eigenvalue weighted by molar-refractivity contribution is 6.18. The molecular weight excluding hydrogens is 657 g/mol. The van der Waals surface area contributed by atoms with Crippen LogP contribution in [0.15, 0.2) is 182 Å². The predicted molar refractivity (Wildman–Crippen MR) is 221 cm³/mol. The van der Waals surface area contributed by atoms with Gasteiger partial charge in [-0.05, 0) is 100 Å². The first kappa shape index (κ1) is 31.1. The second kappa shape index (κ2) is 12.5. The van der Waals surface area contributed by atoms with Crippen LogP contribution in [0.3, 0.4) is 0 Å². The van der Waals surface area contributed by atoms with Crippen molar-refractivity contribution in [1.82, 2.24) is 9.13 Å². The average molecular weight is 687 g/mol. The van der Waals surface area contributed by atoms with Gasteiger partial charge in [-0.3, -0.25) is 0 Å². The molecule has 0 unspecified atom stereocenters. The van der Waals surface area contributed by atoms with Crippen LogP contribution in [-0.2, 0) is 0 Å². The second-order valence-electron chi connectivity index (χ2n) is 13.6. The normalized spacial score (nSPS) is 11.3. The minimum atomic E-state index is 0.453. The number of nitriles is 2.